The van der Waals surface area contributed by atoms with E-state index in [1.54, 1.807) is 0 Å². The molecule has 1 saturated heterocycles. The van der Waals surface area contributed by atoms with Gasteiger partial charge >= 0.3 is 0 Å². The van der Waals surface area contributed by atoms with Crippen molar-refractivity contribution in [1.29, 1.82) is 0 Å². The molecule has 2 nitrogen and oxygen atoms in total. The molecule has 0 aliphatic carbocycles. The van der Waals surface area contributed by atoms with Crippen LogP contribution < -0.4 is 5.32 Å². The van der Waals surface area contributed by atoms with Crippen molar-refractivity contribution >= 4 is 0 Å². The molecule has 1 heterocycles. The molecule has 0 spiro atoms. The minimum Gasteiger partial charge on any atom is -0.320 e. The van der Waals surface area contributed by atoms with Crippen LogP contribution in [0.3, 0.4) is 0 Å². The van der Waals surface area contributed by atoms with Crippen molar-refractivity contribution in [2.75, 3.05) is 33.7 Å². The van der Waals surface area contributed by atoms with E-state index in [0.29, 0.717) is 0 Å². The van der Waals surface area contributed by atoms with Gasteiger partial charge in [-0.15, -0.1) is 0 Å². The lowest BCUT2D eigenvalue weighted by molar-refractivity contribution is 0.418. The number of hydrogen-bond donors (Lipinski definition) is 1. The third kappa shape index (κ3) is 12.6. The first kappa shape index (κ1) is 14.4. The van der Waals surface area contributed by atoms with Crippen molar-refractivity contribution in [3.05, 3.63) is 0 Å². The van der Waals surface area contributed by atoms with Crippen LogP contribution in [0.15, 0.2) is 0 Å². The average molecular weight is 174 g/mol. The fourth-order valence-electron chi connectivity index (χ4n) is 0.875. The predicted molar refractivity (Wildman–Crippen MR) is 57.7 cm³/mol. The van der Waals surface area contributed by atoms with E-state index < -0.39 is 0 Å². The summed E-state index contributed by atoms with van der Waals surface area (Å²) in [5.74, 6) is 0. The summed E-state index contributed by atoms with van der Waals surface area (Å²) in [6, 6.07) is 0. The maximum absolute atomic E-state index is 2.93. The monoisotopic (exact) mass is 174 g/mol. The highest BCUT2D eigenvalue weighted by Crippen LogP contribution is 2.01. The summed E-state index contributed by atoms with van der Waals surface area (Å²) in [5, 5.41) is 2.93. The van der Waals surface area contributed by atoms with Crippen LogP contribution >= 0.6 is 0 Å². The largest absolute Gasteiger partial charge is 0.320 e. The second-order valence-corrected chi connectivity index (χ2v) is 2.72. The van der Waals surface area contributed by atoms with Crippen LogP contribution in [-0.4, -0.2) is 38.6 Å². The van der Waals surface area contributed by atoms with Crippen LogP contribution in [-0.2, 0) is 0 Å². The highest BCUT2D eigenvalue weighted by molar-refractivity contribution is 4.59. The van der Waals surface area contributed by atoms with Crippen LogP contribution in [0.5, 0.6) is 0 Å². The van der Waals surface area contributed by atoms with Crippen molar-refractivity contribution in [2.24, 2.45) is 0 Å². The molecule has 0 aromatic rings. The van der Waals surface area contributed by atoms with Crippen molar-refractivity contribution in [2.45, 2.75) is 33.6 Å². The van der Waals surface area contributed by atoms with Gasteiger partial charge in [0.2, 0.25) is 0 Å². The van der Waals surface area contributed by atoms with Crippen molar-refractivity contribution in [3.63, 3.8) is 0 Å². The van der Waals surface area contributed by atoms with E-state index in [1.165, 1.54) is 25.9 Å². The molecule has 1 N–H and O–H groups in total. The molecule has 0 amide bonds. The molecule has 0 aromatic heterocycles. The number of hydrogen-bond acceptors (Lipinski definition) is 2. The molecule has 0 radical (unpaired) electrons. The van der Waals surface area contributed by atoms with Gasteiger partial charge in [0.15, 0.2) is 0 Å². The summed E-state index contributed by atoms with van der Waals surface area (Å²) in [6.07, 6.45) is 2.83. The standard InChI is InChI=1S/C5H11N.C3H9N.C2H6/c1-6-4-2-3-5-6;1-3-4-2;1-2/h2-5H2,1H3;4H,3H2,1-2H3;1-2H3. The van der Waals surface area contributed by atoms with E-state index in [4.69, 9.17) is 0 Å². The second-order valence-electron chi connectivity index (χ2n) is 2.72. The molecule has 0 unspecified atom stereocenters. The molecular formula is C10H26N2. The summed E-state index contributed by atoms with van der Waals surface area (Å²) in [5.41, 5.74) is 0. The zero-order chi connectivity index (χ0) is 9.82. The predicted octanol–water partition coefficient (Wildman–Crippen LogP) is 1.96. The van der Waals surface area contributed by atoms with Gasteiger partial charge in [-0.3, -0.25) is 0 Å². The summed E-state index contributed by atoms with van der Waals surface area (Å²) in [6.45, 7) is 9.78. The molecule has 0 bridgehead atoms. The second kappa shape index (κ2) is 13.5. The van der Waals surface area contributed by atoms with Gasteiger partial charge in [-0.05, 0) is 46.6 Å². The highest BCUT2D eigenvalue weighted by atomic mass is 15.1. The van der Waals surface area contributed by atoms with E-state index >= 15 is 0 Å². The van der Waals surface area contributed by atoms with Crippen LogP contribution in [0, 0.1) is 0 Å². The smallest absolute Gasteiger partial charge is 0.00213 e. The fraction of sp³-hybridized carbons (Fsp3) is 1.00. The number of nitrogens with zero attached hydrogens (tertiary/aromatic N) is 1. The summed E-state index contributed by atoms with van der Waals surface area (Å²) in [7, 11) is 4.10. The molecular weight excluding hydrogens is 148 g/mol. The Bertz CT molecular complexity index is 56.9. The Kier molecular flexibility index (Phi) is 16.3. The first-order chi connectivity index (χ1) is 5.81. The fourth-order valence-corrected chi connectivity index (χ4v) is 0.875. The lowest BCUT2D eigenvalue weighted by Crippen LogP contribution is -2.10. The average Bonchev–Trinajstić information content (AvgIpc) is 2.60. The molecule has 12 heavy (non-hydrogen) atoms. The Morgan fingerprint density at radius 2 is 1.50 bits per heavy atom. The first-order valence-corrected chi connectivity index (χ1v) is 5.14. The van der Waals surface area contributed by atoms with Gasteiger partial charge in [0.1, 0.15) is 0 Å². The lowest BCUT2D eigenvalue weighted by atomic mass is 10.4. The van der Waals surface area contributed by atoms with Gasteiger partial charge < -0.3 is 10.2 Å². The van der Waals surface area contributed by atoms with Gasteiger partial charge in [-0.1, -0.05) is 20.8 Å². The quantitative estimate of drug-likeness (QED) is 0.654. The maximum atomic E-state index is 2.93. The van der Waals surface area contributed by atoms with E-state index in [2.05, 4.69) is 24.2 Å². The van der Waals surface area contributed by atoms with E-state index in [9.17, 15) is 0 Å². The summed E-state index contributed by atoms with van der Waals surface area (Å²) >= 11 is 0. The Labute approximate surface area is 78.3 Å². The Morgan fingerprint density at radius 3 is 1.58 bits per heavy atom. The van der Waals surface area contributed by atoms with E-state index in [-0.39, 0.29) is 0 Å². The van der Waals surface area contributed by atoms with Crippen LogP contribution in [0.4, 0.5) is 0 Å². The topological polar surface area (TPSA) is 15.3 Å². The number of likely N-dealkylation sites (tertiary alicyclic amines) is 1. The highest BCUT2D eigenvalue weighted by Gasteiger charge is 2.03. The van der Waals surface area contributed by atoms with Crippen LogP contribution in [0.1, 0.15) is 33.6 Å². The molecule has 0 atom stereocenters. The Hall–Kier alpha value is -0.0800. The first-order valence-electron chi connectivity index (χ1n) is 5.14. The normalized spacial score (nSPS) is 15.8. The number of rotatable bonds is 1. The molecule has 0 saturated carbocycles. The van der Waals surface area contributed by atoms with Crippen molar-refractivity contribution < 1.29 is 0 Å². The van der Waals surface area contributed by atoms with Gasteiger partial charge in [0, 0.05) is 0 Å². The third-order valence-electron chi connectivity index (χ3n) is 1.68. The van der Waals surface area contributed by atoms with Crippen molar-refractivity contribution in [3.8, 4) is 0 Å². The summed E-state index contributed by atoms with van der Waals surface area (Å²) in [4.78, 5) is 2.36. The van der Waals surface area contributed by atoms with Gasteiger partial charge in [-0.25, -0.2) is 0 Å². The minimum atomic E-state index is 1.07. The SMILES string of the molecule is CC.CCNC.CN1CCCC1. The number of nitrogens with one attached hydrogen (secondary N) is 1. The third-order valence-corrected chi connectivity index (χ3v) is 1.68. The van der Waals surface area contributed by atoms with Gasteiger partial charge in [0.05, 0.1) is 0 Å². The molecule has 1 aliphatic heterocycles. The molecule has 1 rings (SSSR count). The summed E-state index contributed by atoms with van der Waals surface area (Å²) < 4.78 is 0. The molecule has 0 aromatic carbocycles. The zero-order valence-electron chi connectivity index (χ0n) is 9.48. The molecule has 76 valence electrons. The van der Waals surface area contributed by atoms with Crippen molar-refractivity contribution in [1.82, 2.24) is 10.2 Å². The maximum Gasteiger partial charge on any atom is -0.00213 e. The van der Waals surface area contributed by atoms with E-state index in [1.807, 2.05) is 20.9 Å². The van der Waals surface area contributed by atoms with Gasteiger partial charge in [-0.2, -0.15) is 0 Å². The zero-order valence-corrected chi connectivity index (χ0v) is 9.48. The van der Waals surface area contributed by atoms with Gasteiger partial charge in [0.25, 0.3) is 0 Å². The van der Waals surface area contributed by atoms with Crippen LogP contribution in [0.25, 0.3) is 0 Å². The lowest BCUT2D eigenvalue weighted by Gasteiger charge is -2.01. The molecule has 1 aliphatic rings. The molecule has 1 fully saturated rings. The Morgan fingerprint density at radius 1 is 1.17 bits per heavy atom. The van der Waals surface area contributed by atoms with E-state index in [0.717, 1.165) is 6.54 Å². The van der Waals surface area contributed by atoms with Crippen LogP contribution in [0.2, 0.25) is 0 Å². The minimum absolute atomic E-state index is 1.07. The molecule has 2 heteroatoms. The Balaban J connectivity index is 0.